The fraction of sp³-hybridized carbons (Fsp3) is 1.00. The lowest BCUT2D eigenvalue weighted by Crippen LogP contribution is -2.50. The van der Waals surface area contributed by atoms with Gasteiger partial charge in [-0.05, 0) is 39.3 Å². The Morgan fingerprint density at radius 1 is 1.43 bits per heavy atom. The van der Waals surface area contributed by atoms with Gasteiger partial charge in [0.15, 0.2) is 9.84 Å². The van der Waals surface area contributed by atoms with Crippen LogP contribution in [0.3, 0.4) is 0 Å². The Bertz CT molecular complexity index is 419. The van der Waals surface area contributed by atoms with Crippen molar-refractivity contribution in [1.82, 2.24) is 10.2 Å². The van der Waals surface area contributed by atoms with Gasteiger partial charge in [-0.25, -0.2) is 8.42 Å². The van der Waals surface area contributed by atoms with Gasteiger partial charge >= 0.3 is 0 Å². The molecule has 0 amide bonds. The molecule has 1 N–H and O–H groups in total. The van der Waals surface area contributed by atoms with Crippen LogP contribution in [-0.4, -0.2) is 70.8 Å². The molecular weight excluding hydrogens is 288 g/mol. The quantitative estimate of drug-likeness (QED) is 0.707. The van der Waals surface area contributed by atoms with Crippen LogP contribution >= 0.6 is 0 Å². The van der Waals surface area contributed by atoms with E-state index in [4.69, 9.17) is 4.74 Å². The first-order valence-corrected chi connectivity index (χ1v) is 9.98. The largest absolute Gasteiger partial charge is 0.381 e. The fourth-order valence-electron chi connectivity index (χ4n) is 3.54. The van der Waals surface area contributed by atoms with Crippen molar-refractivity contribution in [3.63, 3.8) is 0 Å². The van der Waals surface area contributed by atoms with Crippen molar-refractivity contribution in [3.05, 3.63) is 0 Å². The van der Waals surface area contributed by atoms with Gasteiger partial charge in [-0.1, -0.05) is 6.92 Å². The Balaban J connectivity index is 1.94. The molecule has 2 fully saturated rings. The van der Waals surface area contributed by atoms with Crippen molar-refractivity contribution >= 4 is 9.84 Å². The Morgan fingerprint density at radius 3 is 2.81 bits per heavy atom. The molecule has 0 aromatic rings. The van der Waals surface area contributed by atoms with Gasteiger partial charge < -0.3 is 15.0 Å². The van der Waals surface area contributed by atoms with Crippen LogP contribution in [0.15, 0.2) is 0 Å². The molecular formula is C15H30N2O3S. The molecule has 0 aromatic heterocycles. The lowest BCUT2D eigenvalue weighted by Gasteiger charge is -2.41. The molecule has 0 aliphatic carbocycles. The average molecular weight is 318 g/mol. The summed E-state index contributed by atoms with van der Waals surface area (Å²) < 4.78 is 29.1. The predicted molar refractivity (Wildman–Crippen MR) is 85.3 cm³/mol. The minimum absolute atomic E-state index is 0.133. The summed E-state index contributed by atoms with van der Waals surface area (Å²) in [5.41, 5.74) is 0.133. The third-order valence-corrected chi connectivity index (χ3v) is 6.50. The molecule has 5 nitrogen and oxygen atoms in total. The molecule has 2 rings (SSSR count). The summed E-state index contributed by atoms with van der Waals surface area (Å²) in [7, 11) is -0.739. The first-order chi connectivity index (χ1) is 9.96. The summed E-state index contributed by atoms with van der Waals surface area (Å²) in [6.45, 7) is 6.73. The van der Waals surface area contributed by atoms with Gasteiger partial charge in [0.2, 0.25) is 0 Å². The summed E-state index contributed by atoms with van der Waals surface area (Å²) in [6, 6.07) is 0.181. The highest BCUT2D eigenvalue weighted by Gasteiger charge is 2.38. The van der Waals surface area contributed by atoms with Gasteiger partial charge in [0, 0.05) is 31.2 Å². The van der Waals surface area contributed by atoms with E-state index in [9.17, 15) is 8.42 Å². The Hall–Kier alpha value is -0.170. The van der Waals surface area contributed by atoms with Crippen molar-refractivity contribution < 1.29 is 13.2 Å². The first-order valence-electron chi connectivity index (χ1n) is 8.15. The molecule has 2 unspecified atom stereocenters. The van der Waals surface area contributed by atoms with E-state index in [1.165, 1.54) is 0 Å². The van der Waals surface area contributed by atoms with Gasteiger partial charge in [-0.15, -0.1) is 0 Å². The minimum Gasteiger partial charge on any atom is -0.381 e. The van der Waals surface area contributed by atoms with Gasteiger partial charge in [-0.2, -0.15) is 0 Å². The maximum absolute atomic E-state index is 11.7. The third-order valence-electron chi connectivity index (χ3n) is 4.75. The molecule has 2 saturated heterocycles. The number of nitrogens with zero attached hydrogens (tertiary/aromatic N) is 1. The number of sulfone groups is 1. The SMILES string of the molecule is CCCNCC1(CN(C)C2CCS(=O)(=O)C2)CCCOC1. The molecule has 0 radical (unpaired) electrons. The molecule has 2 heterocycles. The molecule has 0 aromatic carbocycles. The van der Waals surface area contributed by atoms with Crippen LogP contribution in [0.2, 0.25) is 0 Å². The topological polar surface area (TPSA) is 58.6 Å². The highest BCUT2D eigenvalue weighted by molar-refractivity contribution is 7.91. The highest BCUT2D eigenvalue weighted by atomic mass is 32.2. The van der Waals surface area contributed by atoms with E-state index in [-0.39, 0.29) is 11.5 Å². The zero-order chi connectivity index (χ0) is 15.3. The van der Waals surface area contributed by atoms with Gasteiger partial charge in [0.1, 0.15) is 0 Å². The van der Waals surface area contributed by atoms with Crippen LogP contribution in [-0.2, 0) is 14.6 Å². The normalized spacial score (nSPS) is 32.6. The molecule has 2 aliphatic heterocycles. The zero-order valence-corrected chi connectivity index (χ0v) is 14.3. The van der Waals surface area contributed by atoms with Crippen LogP contribution < -0.4 is 5.32 Å². The molecule has 0 saturated carbocycles. The minimum atomic E-state index is -2.81. The first kappa shape index (κ1) is 17.2. The predicted octanol–water partition coefficient (Wildman–Crippen LogP) is 0.902. The van der Waals surface area contributed by atoms with E-state index in [0.717, 1.165) is 58.5 Å². The molecule has 6 heteroatoms. The summed E-state index contributed by atoms with van der Waals surface area (Å²) >= 11 is 0. The fourth-order valence-corrected chi connectivity index (χ4v) is 5.35. The molecule has 21 heavy (non-hydrogen) atoms. The average Bonchev–Trinajstić information content (AvgIpc) is 2.81. The van der Waals surface area contributed by atoms with Gasteiger partial charge in [0.25, 0.3) is 0 Å². The van der Waals surface area contributed by atoms with Crippen molar-refractivity contribution in [1.29, 1.82) is 0 Å². The number of rotatable bonds is 7. The van der Waals surface area contributed by atoms with Crippen LogP contribution in [0.25, 0.3) is 0 Å². The summed E-state index contributed by atoms with van der Waals surface area (Å²) in [6.07, 6.45) is 4.17. The van der Waals surface area contributed by atoms with Crippen LogP contribution in [0, 0.1) is 5.41 Å². The Labute approximate surface area is 129 Å². The van der Waals surface area contributed by atoms with E-state index in [0.29, 0.717) is 11.5 Å². The van der Waals surface area contributed by atoms with E-state index in [1.807, 2.05) is 0 Å². The van der Waals surface area contributed by atoms with E-state index in [1.54, 1.807) is 0 Å². The van der Waals surface area contributed by atoms with E-state index < -0.39 is 9.84 Å². The number of nitrogens with one attached hydrogen (secondary N) is 1. The molecule has 2 aliphatic rings. The highest BCUT2D eigenvalue weighted by Crippen LogP contribution is 2.30. The standard InChI is InChI=1S/C15H30N2O3S/c1-3-7-16-11-15(6-4-8-20-13-15)12-17(2)14-5-9-21(18,19)10-14/h14,16H,3-13H2,1-2H3. The second kappa shape index (κ2) is 7.40. The molecule has 2 atom stereocenters. The van der Waals surface area contributed by atoms with Crippen molar-refractivity contribution in [2.75, 3.05) is 51.4 Å². The zero-order valence-electron chi connectivity index (χ0n) is 13.4. The molecule has 0 bridgehead atoms. The number of hydrogen-bond acceptors (Lipinski definition) is 5. The van der Waals surface area contributed by atoms with Crippen LogP contribution in [0.4, 0.5) is 0 Å². The second-order valence-electron chi connectivity index (χ2n) is 6.80. The number of hydrogen-bond donors (Lipinski definition) is 1. The third kappa shape index (κ3) is 4.91. The smallest absolute Gasteiger partial charge is 0.151 e. The Kier molecular flexibility index (Phi) is 6.05. The molecule has 124 valence electrons. The van der Waals surface area contributed by atoms with E-state index in [2.05, 4.69) is 24.2 Å². The van der Waals surface area contributed by atoms with Gasteiger partial charge in [0.05, 0.1) is 18.1 Å². The lowest BCUT2D eigenvalue weighted by molar-refractivity contribution is -0.0268. The van der Waals surface area contributed by atoms with Crippen molar-refractivity contribution in [3.8, 4) is 0 Å². The maximum atomic E-state index is 11.7. The monoisotopic (exact) mass is 318 g/mol. The van der Waals surface area contributed by atoms with Crippen molar-refractivity contribution in [2.24, 2.45) is 5.41 Å². The molecule has 0 spiro atoms. The summed E-state index contributed by atoms with van der Waals surface area (Å²) in [5, 5.41) is 3.53. The second-order valence-corrected chi connectivity index (χ2v) is 9.03. The van der Waals surface area contributed by atoms with Crippen molar-refractivity contribution in [2.45, 2.75) is 38.6 Å². The van der Waals surface area contributed by atoms with E-state index >= 15 is 0 Å². The number of ether oxygens (including phenoxy) is 1. The summed E-state index contributed by atoms with van der Waals surface area (Å²) in [4.78, 5) is 2.26. The lowest BCUT2D eigenvalue weighted by atomic mass is 9.81. The van der Waals surface area contributed by atoms with Gasteiger partial charge in [-0.3, -0.25) is 0 Å². The summed E-state index contributed by atoms with van der Waals surface area (Å²) in [5.74, 6) is 0.669. The Morgan fingerprint density at radius 2 is 2.24 bits per heavy atom. The van der Waals surface area contributed by atoms with Crippen LogP contribution in [0.5, 0.6) is 0 Å². The van der Waals surface area contributed by atoms with Crippen LogP contribution in [0.1, 0.15) is 32.6 Å². The maximum Gasteiger partial charge on any atom is 0.151 e.